The summed E-state index contributed by atoms with van der Waals surface area (Å²) in [5.74, 6) is 2.13. The third-order valence-electron chi connectivity index (χ3n) is 9.42. The molecule has 0 radical (unpaired) electrons. The average molecular weight is 558 g/mol. The van der Waals surface area contributed by atoms with Crippen LogP contribution in [0.3, 0.4) is 0 Å². The van der Waals surface area contributed by atoms with E-state index in [2.05, 4.69) is 57.1 Å². The quantitative estimate of drug-likeness (QED) is 0.444. The van der Waals surface area contributed by atoms with Gasteiger partial charge in [-0.05, 0) is 76.6 Å². The molecule has 3 aliphatic heterocycles. The van der Waals surface area contributed by atoms with Crippen molar-refractivity contribution in [2.75, 3.05) is 56.7 Å². The Bertz CT molecular complexity index is 1360. The van der Waals surface area contributed by atoms with E-state index in [0.29, 0.717) is 6.04 Å². The second kappa shape index (κ2) is 11.9. The van der Waals surface area contributed by atoms with Crippen LogP contribution in [0.2, 0.25) is 0 Å². The Balaban J connectivity index is 1.20. The van der Waals surface area contributed by atoms with Gasteiger partial charge in [0.15, 0.2) is 0 Å². The average Bonchev–Trinajstić information content (AvgIpc) is 3.57. The first-order chi connectivity index (χ1) is 19.9. The van der Waals surface area contributed by atoms with Crippen molar-refractivity contribution < 1.29 is 9.53 Å². The number of fused-ring (bicyclic) bond motifs is 1. The zero-order chi connectivity index (χ0) is 28.4. The molecule has 3 aliphatic rings. The summed E-state index contributed by atoms with van der Waals surface area (Å²) in [4.78, 5) is 34.6. The maximum absolute atomic E-state index is 13.6. The van der Waals surface area contributed by atoms with Crippen molar-refractivity contribution in [1.82, 2.24) is 24.8 Å². The summed E-state index contributed by atoms with van der Waals surface area (Å²) < 4.78 is 5.51. The van der Waals surface area contributed by atoms with Gasteiger partial charge >= 0.3 is 0 Å². The van der Waals surface area contributed by atoms with Gasteiger partial charge in [0, 0.05) is 93.3 Å². The Morgan fingerprint density at radius 1 is 1.02 bits per heavy atom. The second-order valence-corrected chi connectivity index (χ2v) is 12.2. The molecular formula is C32H43N7O2. The molecule has 0 saturated carbocycles. The van der Waals surface area contributed by atoms with E-state index in [1.54, 1.807) is 0 Å². The van der Waals surface area contributed by atoms with Crippen LogP contribution in [-0.4, -0.2) is 88.8 Å². The Labute approximate surface area is 243 Å². The molecule has 1 N–H and O–H groups in total. The molecule has 0 atom stereocenters. The second-order valence-electron chi connectivity index (χ2n) is 12.2. The third kappa shape index (κ3) is 5.88. The number of hydrogen-bond donors (Lipinski definition) is 1. The summed E-state index contributed by atoms with van der Waals surface area (Å²) in [7, 11) is 1.98. The van der Waals surface area contributed by atoms with Gasteiger partial charge in [0.1, 0.15) is 11.6 Å². The van der Waals surface area contributed by atoms with Crippen LogP contribution < -0.4 is 10.2 Å². The van der Waals surface area contributed by atoms with E-state index < -0.39 is 0 Å². The molecule has 9 nitrogen and oxygen atoms in total. The highest BCUT2D eigenvalue weighted by atomic mass is 16.5. The summed E-state index contributed by atoms with van der Waals surface area (Å²) in [6, 6.07) is 8.65. The van der Waals surface area contributed by atoms with E-state index in [9.17, 15) is 4.79 Å². The molecule has 0 unspecified atom stereocenters. The smallest absolute Gasteiger partial charge is 0.227 e. The van der Waals surface area contributed by atoms with Crippen molar-refractivity contribution in [3.05, 3.63) is 42.9 Å². The minimum Gasteiger partial charge on any atom is -0.381 e. The highest BCUT2D eigenvalue weighted by molar-refractivity contribution is 5.94. The molecule has 0 spiro atoms. The molecule has 1 amide bonds. The summed E-state index contributed by atoms with van der Waals surface area (Å²) in [6.07, 6.45) is 11.7. The predicted octanol–water partition coefficient (Wildman–Crippen LogP) is 4.79. The van der Waals surface area contributed by atoms with Gasteiger partial charge in [0.2, 0.25) is 5.91 Å². The highest BCUT2D eigenvalue weighted by Gasteiger charge is 2.38. The zero-order valence-electron chi connectivity index (χ0n) is 24.7. The minimum absolute atomic E-state index is 0.0354. The van der Waals surface area contributed by atoms with Crippen molar-refractivity contribution in [2.24, 2.45) is 5.92 Å². The van der Waals surface area contributed by atoms with Gasteiger partial charge in [-0.2, -0.15) is 0 Å². The van der Waals surface area contributed by atoms with E-state index in [-0.39, 0.29) is 17.5 Å². The maximum atomic E-state index is 13.6. The highest BCUT2D eigenvalue weighted by Crippen LogP contribution is 2.34. The first kappa shape index (κ1) is 27.8. The van der Waals surface area contributed by atoms with E-state index in [1.165, 1.54) is 12.8 Å². The van der Waals surface area contributed by atoms with Gasteiger partial charge in [0.05, 0.1) is 11.4 Å². The molecule has 3 fully saturated rings. The fourth-order valence-electron chi connectivity index (χ4n) is 6.55. The summed E-state index contributed by atoms with van der Waals surface area (Å²) in [5, 5.41) is 5.73. The number of carbonyl (C=O) groups is 1. The predicted molar refractivity (Wildman–Crippen MR) is 163 cm³/mol. The summed E-state index contributed by atoms with van der Waals surface area (Å²) in [5.41, 5.74) is 1.67. The van der Waals surface area contributed by atoms with Crippen molar-refractivity contribution in [3.8, 4) is 11.3 Å². The van der Waals surface area contributed by atoms with Crippen molar-refractivity contribution in [2.45, 2.75) is 64.1 Å². The maximum Gasteiger partial charge on any atom is 0.227 e. The number of hydrogen-bond acceptors (Lipinski definition) is 8. The topological polar surface area (TPSA) is 86.7 Å². The number of nitrogens with zero attached hydrogens (tertiary/aromatic N) is 6. The van der Waals surface area contributed by atoms with Gasteiger partial charge < -0.3 is 19.9 Å². The standard InChI is InChI=1S/C32H43N7O2/c1-32(2,39-14-4-5-15-39)37(3)31(40)23-8-16-38(17-9-23)30-27-7-12-33-22-25(27)20-28(36-30)24-6-13-34-29(21-24)35-26-10-18-41-19-11-26/h6-7,12-13,20-23,26H,4-5,8-11,14-19H2,1-3H3,(H,34,35). The lowest BCUT2D eigenvalue weighted by Gasteiger charge is -2.45. The lowest BCUT2D eigenvalue weighted by atomic mass is 9.94. The van der Waals surface area contributed by atoms with Gasteiger partial charge in [-0.1, -0.05) is 0 Å². The molecule has 3 aromatic rings. The van der Waals surface area contributed by atoms with E-state index in [1.807, 2.05) is 36.6 Å². The largest absolute Gasteiger partial charge is 0.381 e. The van der Waals surface area contributed by atoms with Crippen LogP contribution in [0.4, 0.5) is 11.6 Å². The molecule has 0 aliphatic carbocycles. The van der Waals surface area contributed by atoms with Crippen LogP contribution in [0, 0.1) is 5.92 Å². The Morgan fingerprint density at radius 2 is 1.78 bits per heavy atom. The molecule has 218 valence electrons. The van der Waals surface area contributed by atoms with E-state index in [4.69, 9.17) is 9.72 Å². The number of aromatic nitrogens is 3. The number of ether oxygens (including phenoxy) is 1. The minimum atomic E-state index is -0.257. The lowest BCUT2D eigenvalue weighted by molar-refractivity contribution is -0.146. The molecule has 3 aromatic heterocycles. The number of pyridine rings is 3. The molecular weight excluding hydrogens is 514 g/mol. The first-order valence-corrected chi connectivity index (χ1v) is 15.2. The number of piperidine rings is 1. The molecule has 3 saturated heterocycles. The number of nitrogens with one attached hydrogen (secondary N) is 1. The SMILES string of the molecule is CN(C(=O)C1CCN(c2nc(-c3ccnc(NC4CCOCC4)c3)cc3cnccc23)CC1)C(C)(C)N1CCCC1. The molecule has 0 aromatic carbocycles. The van der Waals surface area contributed by atoms with Crippen LogP contribution in [0.1, 0.15) is 52.4 Å². The monoisotopic (exact) mass is 557 g/mol. The van der Waals surface area contributed by atoms with Gasteiger partial charge in [-0.15, -0.1) is 0 Å². The van der Waals surface area contributed by atoms with Crippen LogP contribution in [0.25, 0.3) is 22.0 Å². The number of anilines is 2. The van der Waals surface area contributed by atoms with Crippen LogP contribution in [0.5, 0.6) is 0 Å². The van der Waals surface area contributed by atoms with Crippen molar-refractivity contribution in [1.29, 1.82) is 0 Å². The molecule has 41 heavy (non-hydrogen) atoms. The van der Waals surface area contributed by atoms with Gasteiger partial charge in [-0.3, -0.25) is 14.7 Å². The molecule has 9 heteroatoms. The summed E-state index contributed by atoms with van der Waals surface area (Å²) in [6.45, 7) is 9.68. The Hall–Kier alpha value is -3.30. The van der Waals surface area contributed by atoms with Crippen molar-refractivity contribution >= 4 is 28.3 Å². The molecule has 0 bridgehead atoms. The Kier molecular flexibility index (Phi) is 8.08. The number of likely N-dealkylation sites (tertiary alicyclic amines) is 1. The van der Waals surface area contributed by atoms with E-state index in [0.717, 1.165) is 98.7 Å². The summed E-state index contributed by atoms with van der Waals surface area (Å²) >= 11 is 0. The van der Waals surface area contributed by atoms with Crippen molar-refractivity contribution in [3.63, 3.8) is 0 Å². The van der Waals surface area contributed by atoms with Crippen LogP contribution >= 0.6 is 0 Å². The van der Waals surface area contributed by atoms with Gasteiger partial charge in [-0.25, -0.2) is 9.97 Å². The van der Waals surface area contributed by atoms with Crippen LogP contribution in [-0.2, 0) is 9.53 Å². The lowest BCUT2D eigenvalue weighted by Crippen LogP contribution is -2.58. The molecule has 6 rings (SSSR count). The van der Waals surface area contributed by atoms with E-state index >= 15 is 0 Å². The van der Waals surface area contributed by atoms with Crippen LogP contribution in [0.15, 0.2) is 42.9 Å². The fraction of sp³-hybridized carbons (Fsp3) is 0.562. The Morgan fingerprint density at radius 3 is 2.54 bits per heavy atom. The normalized spacial score (nSPS) is 19.5. The number of amides is 1. The molecule has 6 heterocycles. The van der Waals surface area contributed by atoms with Gasteiger partial charge in [0.25, 0.3) is 0 Å². The first-order valence-electron chi connectivity index (χ1n) is 15.2. The number of carbonyl (C=O) groups excluding carboxylic acids is 1. The fourth-order valence-corrected chi connectivity index (χ4v) is 6.55. The zero-order valence-corrected chi connectivity index (χ0v) is 24.7. The number of rotatable bonds is 7. The third-order valence-corrected chi connectivity index (χ3v) is 9.42.